The summed E-state index contributed by atoms with van der Waals surface area (Å²) in [6.45, 7) is 6.77. The van der Waals surface area contributed by atoms with Crippen LogP contribution in [-0.4, -0.2) is 36.2 Å². The third-order valence-electron chi connectivity index (χ3n) is 4.02. The number of aryl methyl sites for hydroxylation is 1. The monoisotopic (exact) mass is 340 g/mol. The van der Waals surface area contributed by atoms with E-state index in [0.29, 0.717) is 18.0 Å². The number of Topliss-reactive ketones (excluding diaryl/α,β-unsaturated/α-hetero) is 1. The number of halogens is 1. The Kier molecular flexibility index (Phi) is 9.77. The quantitative estimate of drug-likeness (QED) is 0.739. The molecule has 1 aromatic carbocycles. The van der Waals surface area contributed by atoms with Crippen LogP contribution in [0.1, 0.15) is 49.0 Å². The van der Waals surface area contributed by atoms with E-state index in [-0.39, 0.29) is 43.0 Å². The number of ketones is 1. The molecule has 23 heavy (non-hydrogen) atoms. The van der Waals surface area contributed by atoms with E-state index in [0.717, 1.165) is 12.0 Å². The second kappa shape index (κ2) is 10.4. The number of rotatable bonds is 8. The molecular weight excluding hydrogens is 312 g/mol. The van der Waals surface area contributed by atoms with Gasteiger partial charge in [-0.15, -0.1) is 12.4 Å². The Morgan fingerprint density at radius 2 is 1.70 bits per heavy atom. The first-order chi connectivity index (χ1) is 10.3. The van der Waals surface area contributed by atoms with Gasteiger partial charge in [0.15, 0.2) is 5.78 Å². The smallest absolute Gasteiger partial charge is 0.222 e. The molecule has 0 heterocycles. The summed E-state index contributed by atoms with van der Waals surface area (Å²) in [7, 11) is 1.77. The molecule has 1 aromatic rings. The largest absolute Gasteiger partial charge is 0.346 e. The van der Waals surface area contributed by atoms with Gasteiger partial charge in [-0.25, -0.2) is 0 Å². The molecule has 130 valence electrons. The molecule has 0 saturated carbocycles. The fraction of sp³-hybridized carbons (Fsp3) is 0.556. The minimum absolute atomic E-state index is 0. The van der Waals surface area contributed by atoms with Crippen LogP contribution in [0.5, 0.6) is 0 Å². The Morgan fingerprint density at radius 1 is 1.13 bits per heavy atom. The molecule has 0 bridgehead atoms. The molecule has 0 aliphatic rings. The molecule has 5 heteroatoms. The van der Waals surface area contributed by atoms with E-state index in [4.69, 9.17) is 5.73 Å². The molecule has 0 aliphatic heterocycles. The van der Waals surface area contributed by atoms with E-state index < -0.39 is 0 Å². The van der Waals surface area contributed by atoms with Gasteiger partial charge in [-0.1, -0.05) is 43.7 Å². The topological polar surface area (TPSA) is 63.4 Å². The van der Waals surface area contributed by atoms with Gasteiger partial charge >= 0.3 is 0 Å². The van der Waals surface area contributed by atoms with Crippen LogP contribution in [0.2, 0.25) is 0 Å². The predicted octanol–water partition coefficient (Wildman–Crippen LogP) is 3.21. The number of nitrogens with two attached hydrogens (primary N) is 1. The number of carbonyl (C=O) groups is 2. The summed E-state index contributed by atoms with van der Waals surface area (Å²) in [4.78, 5) is 25.8. The highest BCUT2D eigenvalue weighted by molar-refractivity contribution is 5.97. The molecule has 1 unspecified atom stereocenters. The summed E-state index contributed by atoms with van der Waals surface area (Å²) < 4.78 is 0. The lowest BCUT2D eigenvalue weighted by Crippen LogP contribution is -2.34. The molecule has 2 N–H and O–H groups in total. The van der Waals surface area contributed by atoms with Gasteiger partial charge in [-0.2, -0.15) is 0 Å². The van der Waals surface area contributed by atoms with Gasteiger partial charge in [0, 0.05) is 38.0 Å². The lowest BCUT2D eigenvalue weighted by Gasteiger charge is -2.21. The summed E-state index contributed by atoms with van der Waals surface area (Å²) in [5.74, 6) is 0.420. The molecular formula is C18H29ClN2O2. The first kappa shape index (κ1) is 21.6. The fourth-order valence-corrected chi connectivity index (χ4v) is 2.10. The van der Waals surface area contributed by atoms with Crippen molar-refractivity contribution in [1.29, 1.82) is 0 Å². The molecule has 1 atom stereocenters. The second-order valence-electron chi connectivity index (χ2n) is 6.30. The van der Waals surface area contributed by atoms with Crippen LogP contribution in [0, 0.1) is 12.8 Å². The van der Waals surface area contributed by atoms with Crippen LogP contribution >= 0.6 is 12.4 Å². The molecule has 0 radical (unpaired) electrons. The average Bonchev–Trinajstić information content (AvgIpc) is 2.49. The molecule has 4 nitrogen and oxygen atoms in total. The van der Waals surface area contributed by atoms with Crippen LogP contribution < -0.4 is 5.73 Å². The average molecular weight is 341 g/mol. The SMILES string of the molecule is Cc1ccc(C(=O)CCC(=O)N(C)CCC(N)C(C)C)cc1.Cl. The van der Waals surface area contributed by atoms with Crippen LogP contribution in [0.15, 0.2) is 24.3 Å². The van der Waals surface area contributed by atoms with Crippen molar-refractivity contribution >= 4 is 24.1 Å². The van der Waals surface area contributed by atoms with Crippen molar-refractivity contribution in [2.24, 2.45) is 11.7 Å². The van der Waals surface area contributed by atoms with Crippen LogP contribution in [0.3, 0.4) is 0 Å². The van der Waals surface area contributed by atoms with Gasteiger partial charge in [0.05, 0.1) is 0 Å². The van der Waals surface area contributed by atoms with Crippen molar-refractivity contribution in [3.05, 3.63) is 35.4 Å². The van der Waals surface area contributed by atoms with Gasteiger partial charge in [0.2, 0.25) is 5.91 Å². The zero-order valence-corrected chi connectivity index (χ0v) is 15.4. The summed E-state index contributed by atoms with van der Waals surface area (Å²) >= 11 is 0. The molecule has 0 spiro atoms. The second-order valence-corrected chi connectivity index (χ2v) is 6.30. The van der Waals surface area contributed by atoms with Crippen LogP contribution in [-0.2, 0) is 4.79 Å². The standard InChI is InChI=1S/C18H28N2O2.ClH/c1-13(2)16(19)11-12-20(4)18(22)10-9-17(21)15-7-5-14(3)6-8-15;/h5-8,13,16H,9-12,19H2,1-4H3;1H. The molecule has 0 fully saturated rings. The first-order valence-corrected chi connectivity index (χ1v) is 7.90. The minimum atomic E-state index is -0.00332. The van der Waals surface area contributed by atoms with E-state index in [1.165, 1.54) is 0 Å². The molecule has 1 rings (SSSR count). The Labute approximate surface area is 145 Å². The van der Waals surface area contributed by atoms with Crippen molar-refractivity contribution in [3.8, 4) is 0 Å². The number of hydrogen-bond acceptors (Lipinski definition) is 3. The van der Waals surface area contributed by atoms with Crippen LogP contribution in [0.4, 0.5) is 0 Å². The number of amides is 1. The lowest BCUT2D eigenvalue weighted by molar-refractivity contribution is -0.129. The highest BCUT2D eigenvalue weighted by Gasteiger charge is 2.14. The van der Waals surface area contributed by atoms with E-state index in [1.807, 2.05) is 31.2 Å². The maximum atomic E-state index is 12.0. The van der Waals surface area contributed by atoms with Gasteiger partial charge in [-0.3, -0.25) is 9.59 Å². The maximum absolute atomic E-state index is 12.0. The highest BCUT2D eigenvalue weighted by Crippen LogP contribution is 2.09. The van der Waals surface area contributed by atoms with Crippen LogP contribution in [0.25, 0.3) is 0 Å². The summed E-state index contributed by atoms with van der Waals surface area (Å²) in [6, 6.07) is 7.55. The fourth-order valence-electron chi connectivity index (χ4n) is 2.10. The van der Waals surface area contributed by atoms with E-state index >= 15 is 0 Å². The van der Waals surface area contributed by atoms with Gasteiger partial charge in [-0.05, 0) is 19.3 Å². The molecule has 0 aliphatic carbocycles. The Bertz CT molecular complexity index is 500. The van der Waals surface area contributed by atoms with Gasteiger partial charge < -0.3 is 10.6 Å². The zero-order valence-electron chi connectivity index (χ0n) is 14.5. The van der Waals surface area contributed by atoms with E-state index in [2.05, 4.69) is 13.8 Å². The number of hydrogen-bond donors (Lipinski definition) is 1. The van der Waals surface area contributed by atoms with Crippen molar-refractivity contribution < 1.29 is 9.59 Å². The summed E-state index contributed by atoms with van der Waals surface area (Å²) in [5.41, 5.74) is 7.77. The highest BCUT2D eigenvalue weighted by atomic mass is 35.5. The number of carbonyl (C=O) groups excluding carboxylic acids is 2. The normalized spacial score (nSPS) is 11.7. The van der Waals surface area contributed by atoms with Crippen molar-refractivity contribution in [1.82, 2.24) is 4.90 Å². The van der Waals surface area contributed by atoms with Gasteiger partial charge in [0.1, 0.15) is 0 Å². The molecule has 1 amide bonds. The lowest BCUT2D eigenvalue weighted by atomic mass is 10.0. The van der Waals surface area contributed by atoms with Gasteiger partial charge in [0.25, 0.3) is 0 Å². The van der Waals surface area contributed by atoms with E-state index in [9.17, 15) is 9.59 Å². The Hall–Kier alpha value is -1.39. The summed E-state index contributed by atoms with van der Waals surface area (Å²) in [5, 5.41) is 0. The van der Waals surface area contributed by atoms with Crippen molar-refractivity contribution in [2.45, 2.75) is 46.1 Å². The zero-order chi connectivity index (χ0) is 16.7. The Balaban J connectivity index is 0.00000484. The minimum Gasteiger partial charge on any atom is -0.346 e. The number of benzene rings is 1. The maximum Gasteiger partial charge on any atom is 0.222 e. The summed E-state index contributed by atoms with van der Waals surface area (Å²) in [6.07, 6.45) is 1.29. The third-order valence-corrected chi connectivity index (χ3v) is 4.02. The molecule has 0 saturated heterocycles. The first-order valence-electron chi connectivity index (χ1n) is 7.90. The van der Waals surface area contributed by atoms with Crippen molar-refractivity contribution in [3.63, 3.8) is 0 Å². The Morgan fingerprint density at radius 3 is 2.22 bits per heavy atom. The van der Waals surface area contributed by atoms with Crippen molar-refractivity contribution in [2.75, 3.05) is 13.6 Å². The third kappa shape index (κ3) is 7.62. The predicted molar refractivity (Wildman–Crippen MR) is 97.1 cm³/mol. The number of nitrogens with zero attached hydrogens (tertiary/aromatic N) is 1. The molecule has 0 aromatic heterocycles. The van der Waals surface area contributed by atoms with E-state index in [1.54, 1.807) is 11.9 Å².